The van der Waals surface area contributed by atoms with Gasteiger partial charge in [0.1, 0.15) is 0 Å². The molecule has 0 atom stereocenters. The monoisotopic (exact) mass is 338 g/mol. The van der Waals surface area contributed by atoms with E-state index in [9.17, 15) is 4.79 Å². The van der Waals surface area contributed by atoms with Crippen LogP contribution in [0, 0.1) is 0 Å². The molecule has 0 aliphatic carbocycles. The molecule has 0 aliphatic rings. The molecule has 1 aromatic heterocycles. The van der Waals surface area contributed by atoms with Crippen LogP contribution < -0.4 is 5.73 Å². The number of nitrogen functional groups attached to an aromatic ring is 1. The highest BCUT2D eigenvalue weighted by Gasteiger charge is 2.19. The van der Waals surface area contributed by atoms with Gasteiger partial charge in [0.25, 0.3) is 0 Å². The van der Waals surface area contributed by atoms with Crippen molar-refractivity contribution in [3.8, 4) is 0 Å². The Morgan fingerprint density at radius 2 is 1.81 bits per heavy atom. The SMILES string of the molecule is Nc1cc(Cl)c(Cl)c(C(=O)c2c[nH]c3cc(Cl)ccc23)c1. The first kappa shape index (κ1) is 14.3. The topological polar surface area (TPSA) is 58.9 Å². The molecule has 21 heavy (non-hydrogen) atoms. The number of anilines is 1. The third kappa shape index (κ3) is 2.48. The van der Waals surface area contributed by atoms with E-state index in [1.165, 1.54) is 12.1 Å². The number of rotatable bonds is 2. The summed E-state index contributed by atoms with van der Waals surface area (Å²) in [6, 6.07) is 8.29. The van der Waals surface area contributed by atoms with Gasteiger partial charge in [0.2, 0.25) is 0 Å². The van der Waals surface area contributed by atoms with E-state index in [0.717, 1.165) is 10.9 Å². The van der Waals surface area contributed by atoms with Gasteiger partial charge in [-0.2, -0.15) is 0 Å². The van der Waals surface area contributed by atoms with Gasteiger partial charge in [-0.1, -0.05) is 40.9 Å². The Labute approximate surface area is 135 Å². The number of carbonyl (C=O) groups is 1. The predicted molar refractivity (Wildman–Crippen MR) is 87.6 cm³/mol. The number of fused-ring (bicyclic) bond motifs is 1. The normalized spacial score (nSPS) is 11.0. The number of carbonyl (C=O) groups excluding carboxylic acids is 1. The highest BCUT2D eigenvalue weighted by atomic mass is 35.5. The van der Waals surface area contributed by atoms with Gasteiger partial charge < -0.3 is 10.7 Å². The number of ketones is 1. The van der Waals surface area contributed by atoms with Crippen LogP contribution in [0.1, 0.15) is 15.9 Å². The lowest BCUT2D eigenvalue weighted by molar-refractivity contribution is 0.104. The lowest BCUT2D eigenvalue weighted by Gasteiger charge is -2.06. The Morgan fingerprint density at radius 1 is 1.05 bits per heavy atom. The van der Waals surface area contributed by atoms with Crippen LogP contribution in [0.3, 0.4) is 0 Å². The fourth-order valence-electron chi connectivity index (χ4n) is 2.21. The second-order valence-electron chi connectivity index (χ2n) is 4.59. The van der Waals surface area contributed by atoms with Crippen molar-refractivity contribution in [2.45, 2.75) is 0 Å². The molecule has 0 amide bonds. The molecule has 0 fully saturated rings. The summed E-state index contributed by atoms with van der Waals surface area (Å²) in [4.78, 5) is 15.7. The van der Waals surface area contributed by atoms with E-state index >= 15 is 0 Å². The molecular formula is C15H9Cl3N2O. The molecule has 0 saturated heterocycles. The van der Waals surface area contributed by atoms with Gasteiger partial charge >= 0.3 is 0 Å². The number of aromatic amines is 1. The lowest BCUT2D eigenvalue weighted by atomic mass is 10.0. The van der Waals surface area contributed by atoms with Crippen LogP contribution in [-0.2, 0) is 0 Å². The number of nitrogens with two attached hydrogens (primary N) is 1. The minimum atomic E-state index is -0.247. The standard InChI is InChI=1S/C15H9Cl3N2O/c16-7-1-2-9-11(6-20-13(9)3-7)15(21)10-4-8(19)5-12(17)14(10)18/h1-6,20H,19H2. The molecule has 106 valence electrons. The largest absolute Gasteiger partial charge is 0.399 e. The van der Waals surface area contributed by atoms with E-state index in [1.54, 1.807) is 24.4 Å². The van der Waals surface area contributed by atoms with E-state index in [0.29, 0.717) is 16.3 Å². The van der Waals surface area contributed by atoms with E-state index in [-0.39, 0.29) is 21.4 Å². The average Bonchev–Trinajstić information content (AvgIpc) is 2.84. The van der Waals surface area contributed by atoms with Crippen LogP contribution in [-0.4, -0.2) is 10.8 Å². The molecule has 6 heteroatoms. The zero-order valence-electron chi connectivity index (χ0n) is 10.6. The van der Waals surface area contributed by atoms with Crippen LogP contribution in [0.25, 0.3) is 10.9 Å². The van der Waals surface area contributed by atoms with Gasteiger partial charge in [-0.3, -0.25) is 4.79 Å². The molecule has 3 aromatic rings. The van der Waals surface area contributed by atoms with Gasteiger partial charge in [0, 0.05) is 38.9 Å². The van der Waals surface area contributed by atoms with Crippen LogP contribution in [0.4, 0.5) is 5.69 Å². The fourth-order valence-corrected chi connectivity index (χ4v) is 2.80. The maximum atomic E-state index is 12.7. The van der Waals surface area contributed by atoms with E-state index < -0.39 is 0 Å². The minimum absolute atomic E-state index is 0.194. The zero-order valence-corrected chi connectivity index (χ0v) is 12.9. The Morgan fingerprint density at radius 3 is 2.57 bits per heavy atom. The second-order valence-corrected chi connectivity index (χ2v) is 5.81. The number of aromatic nitrogens is 1. The summed E-state index contributed by atoms with van der Waals surface area (Å²) >= 11 is 18.0. The van der Waals surface area contributed by atoms with Crippen molar-refractivity contribution in [2.24, 2.45) is 0 Å². The number of benzene rings is 2. The molecule has 0 bridgehead atoms. The van der Waals surface area contributed by atoms with Crippen molar-refractivity contribution in [1.82, 2.24) is 4.98 Å². The van der Waals surface area contributed by atoms with E-state index in [2.05, 4.69) is 4.98 Å². The van der Waals surface area contributed by atoms with E-state index in [1.807, 2.05) is 0 Å². The third-order valence-corrected chi connectivity index (χ3v) is 4.22. The Kier molecular flexibility index (Phi) is 3.57. The van der Waals surface area contributed by atoms with Crippen molar-refractivity contribution in [2.75, 3.05) is 5.73 Å². The summed E-state index contributed by atoms with van der Waals surface area (Å²) in [5, 5.41) is 1.80. The van der Waals surface area contributed by atoms with Gasteiger partial charge in [0.05, 0.1) is 10.0 Å². The number of hydrogen-bond donors (Lipinski definition) is 2. The molecule has 0 spiro atoms. The maximum absolute atomic E-state index is 12.7. The number of nitrogens with one attached hydrogen (secondary N) is 1. The first-order valence-electron chi connectivity index (χ1n) is 6.03. The van der Waals surface area contributed by atoms with Crippen LogP contribution >= 0.6 is 34.8 Å². The first-order valence-corrected chi connectivity index (χ1v) is 7.16. The summed E-state index contributed by atoms with van der Waals surface area (Å²) in [5.74, 6) is -0.247. The van der Waals surface area contributed by atoms with Crippen molar-refractivity contribution >= 4 is 57.2 Å². The average molecular weight is 340 g/mol. The quantitative estimate of drug-likeness (QED) is 0.513. The Balaban J connectivity index is 2.17. The number of hydrogen-bond acceptors (Lipinski definition) is 2. The van der Waals surface area contributed by atoms with Crippen LogP contribution in [0.15, 0.2) is 36.5 Å². The van der Waals surface area contributed by atoms with E-state index in [4.69, 9.17) is 40.5 Å². The molecule has 0 saturated carbocycles. The lowest BCUT2D eigenvalue weighted by Crippen LogP contribution is -2.03. The summed E-state index contributed by atoms with van der Waals surface area (Å²) in [5.41, 5.74) is 7.66. The highest BCUT2D eigenvalue weighted by molar-refractivity contribution is 6.44. The van der Waals surface area contributed by atoms with Crippen LogP contribution in [0.2, 0.25) is 15.1 Å². The number of H-pyrrole nitrogens is 1. The van der Waals surface area contributed by atoms with Crippen LogP contribution in [0.5, 0.6) is 0 Å². The smallest absolute Gasteiger partial charge is 0.196 e. The van der Waals surface area contributed by atoms with Crippen molar-refractivity contribution < 1.29 is 4.79 Å². The third-order valence-electron chi connectivity index (χ3n) is 3.18. The zero-order chi connectivity index (χ0) is 15.1. The molecule has 1 heterocycles. The van der Waals surface area contributed by atoms with Gasteiger partial charge in [-0.15, -0.1) is 0 Å². The molecule has 0 unspecified atom stereocenters. The molecular weight excluding hydrogens is 331 g/mol. The van der Waals surface area contributed by atoms with Gasteiger partial charge in [-0.25, -0.2) is 0 Å². The van der Waals surface area contributed by atoms with Crippen molar-refractivity contribution in [1.29, 1.82) is 0 Å². The minimum Gasteiger partial charge on any atom is -0.399 e. The summed E-state index contributed by atoms with van der Waals surface area (Å²) < 4.78 is 0. The number of halogens is 3. The summed E-state index contributed by atoms with van der Waals surface area (Å²) in [6.45, 7) is 0. The maximum Gasteiger partial charge on any atom is 0.196 e. The molecule has 3 rings (SSSR count). The molecule has 3 nitrogen and oxygen atoms in total. The van der Waals surface area contributed by atoms with Gasteiger partial charge in [0.15, 0.2) is 5.78 Å². The molecule has 0 aliphatic heterocycles. The fraction of sp³-hybridized carbons (Fsp3) is 0. The van der Waals surface area contributed by atoms with Gasteiger partial charge in [-0.05, 0) is 24.3 Å². The highest BCUT2D eigenvalue weighted by Crippen LogP contribution is 2.32. The molecule has 3 N–H and O–H groups in total. The summed E-state index contributed by atoms with van der Waals surface area (Å²) in [7, 11) is 0. The summed E-state index contributed by atoms with van der Waals surface area (Å²) in [6.07, 6.45) is 1.62. The Bertz CT molecular complexity index is 871. The first-order chi connectivity index (χ1) is 9.97. The Hall–Kier alpha value is -1.68. The van der Waals surface area contributed by atoms with Crippen molar-refractivity contribution in [3.63, 3.8) is 0 Å². The second kappa shape index (κ2) is 5.26. The molecule has 2 aromatic carbocycles. The predicted octanol–water partition coefficient (Wildman–Crippen LogP) is 4.94. The van der Waals surface area contributed by atoms with Crippen molar-refractivity contribution in [3.05, 3.63) is 62.7 Å². The molecule has 0 radical (unpaired) electrons.